The number of hydrogen-bond acceptors (Lipinski definition) is 3. The number of ether oxygens (including phenoxy) is 1. The van der Waals surface area contributed by atoms with E-state index in [1.807, 2.05) is 13.8 Å². The Labute approximate surface area is 156 Å². The van der Waals surface area contributed by atoms with Crippen molar-refractivity contribution in [1.82, 2.24) is 5.32 Å². The predicted octanol–water partition coefficient (Wildman–Crippen LogP) is 4.52. The first-order chi connectivity index (χ1) is 11.2. The summed E-state index contributed by atoms with van der Waals surface area (Å²) in [5, 5.41) is 2.88. The summed E-state index contributed by atoms with van der Waals surface area (Å²) in [6.07, 6.45) is 0.587. The molecule has 1 unspecified atom stereocenters. The Morgan fingerprint density at radius 3 is 2.72 bits per heavy atom. The molecule has 0 aliphatic carbocycles. The van der Waals surface area contributed by atoms with Crippen LogP contribution in [0.2, 0.25) is 5.02 Å². The van der Waals surface area contributed by atoms with Gasteiger partial charge in [0.2, 0.25) is 0 Å². The zero-order valence-corrected chi connectivity index (χ0v) is 15.4. The molecule has 1 atom stereocenters. The monoisotopic (exact) mass is 384 g/mol. The number of benzene rings is 2. The topological polar surface area (TPSA) is 64.4 Å². The molecule has 134 valence electrons. The maximum Gasteiger partial charge on any atom is 0.251 e. The van der Waals surface area contributed by atoms with Crippen molar-refractivity contribution >= 4 is 35.6 Å². The molecule has 4 nitrogen and oxygen atoms in total. The van der Waals surface area contributed by atoms with E-state index in [9.17, 15) is 9.18 Å². The Hall–Kier alpha value is -1.98. The number of hydrogen-bond donors (Lipinski definition) is 2. The Morgan fingerprint density at radius 1 is 1.32 bits per heavy atom. The number of nitrogens with one attached hydrogen (secondary N) is 1. The van der Waals surface area contributed by atoms with Crippen LogP contribution in [-0.4, -0.2) is 11.5 Å². The van der Waals surface area contributed by atoms with Crippen molar-refractivity contribution in [2.24, 2.45) is 0 Å². The molecule has 0 radical (unpaired) electrons. The molecule has 25 heavy (non-hydrogen) atoms. The smallest absolute Gasteiger partial charge is 0.251 e. The molecule has 0 fully saturated rings. The van der Waals surface area contributed by atoms with Crippen LogP contribution in [0.15, 0.2) is 36.4 Å². The zero-order valence-electron chi connectivity index (χ0n) is 13.8. The lowest BCUT2D eigenvalue weighted by atomic mass is 9.89. The fourth-order valence-electron chi connectivity index (χ4n) is 2.88. The number of amides is 1. The molecule has 0 saturated heterocycles. The van der Waals surface area contributed by atoms with E-state index >= 15 is 0 Å². The molecule has 0 bridgehead atoms. The highest BCUT2D eigenvalue weighted by molar-refractivity contribution is 6.31. The SMILES string of the molecule is CC1(C)CC(NC(=O)c2ccc(F)c(Cl)c2)c2cc(N)ccc2O1.Cl. The van der Waals surface area contributed by atoms with Crippen molar-refractivity contribution in [2.75, 3.05) is 5.73 Å². The zero-order chi connectivity index (χ0) is 17.5. The lowest BCUT2D eigenvalue weighted by Crippen LogP contribution is -2.41. The highest BCUT2D eigenvalue weighted by Crippen LogP contribution is 2.40. The molecule has 3 rings (SSSR count). The molecule has 2 aromatic carbocycles. The molecular formula is C18H19Cl2FN2O2. The first-order valence-corrected chi connectivity index (χ1v) is 7.97. The van der Waals surface area contributed by atoms with Gasteiger partial charge in [-0.2, -0.15) is 0 Å². The predicted molar refractivity (Wildman–Crippen MR) is 99.0 cm³/mol. The van der Waals surface area contributed by atoms with Gasteiger partial charge in [0.1, 0.15) is 17.2 Å². The molecular weight excluding hydrogens is 366 g/mol. The van der Waals surface area contributed by atoms with Crippen LogP contribution in [-0.2, 0) is 0 Å². The Balaban J connectivity index is 0.00000225. The third-order valence-corrected chi connectivity index (χ3v) is 4.27. The second-order valence-electron chi connectivity index (χ2n) is 6.52. The number of nitrogen functional groups attached to an aromatic ring is 1. The van der Waals surface area contributed by atoms with Crippen LogP contribution < -0.4 is 15.8 Å². The minimum atomic E-state index is -0.557. The van der Waals surface area contributed by atoms with Crippen LogP contribution in [0.3, 0.4) is 0 Å². The van der Waals surface area contributed by atoms with Crippen LogP contribution in [0.1, 0.15) is 42.2 Å². The molecule has 7 heteroatoms. The number of halogens is 3. The lowest BCUT2D eigenvalue weighted by Gasteiger charge is -2.38. The summed E-state index contributed by atoms with van der Waals surface area (Å²) in [7, 11) is 0. The molecule has 0 saturated carbocycles. The Bertz CT molecular complexity index is 812. The van der Waals surface area contributed by atoms with E-state index in [1.165, 1.54) is 18.2 Å². The summed E-state index contributed by atoms with van der Waals surface area (Å²) in [5.41, 5.74) is 7.16. The third kappa shape index (κ3) is 4.17. The van der Waals surface area contributed by atoms with E-state index in [0.717, 1.165) is 5.56 Å². The van der Waals surface area contributed by atoms with Gasteiger partial charge in [-0.25, -0.2) is 4.39 Å². The number of rotatable bonds is 2. The van der Waals surface area contributed by atoms with Crippen molar-refractivity contribution in [3.8, 4) is 5.75 Å². The van der Waals surface area contributed by atoms with E-state index in [-0.39, 0.29) is 29.4 Å². The van der Waals surface area contributed by atoms with Crippen LogP contribution in [0, 0.1) is 5.82 Å². The summed E-state index contributed by atoms with van der Waals surface area (Å²) in [5.74, 6) is -0.186. The van der Waals surface area contributed by atoms with Crippen molar-refractivity contribution < 1.29 is 13.9 Å². The largest absolute Gasteiger partial charge is 0.487 e. The summed E-state index contributed by atoms with van der Waals surface area (Å²) in [6, 6.07) is 9.00. The lowest BCUT2D eigenvalue weighted by molar-refractivity contribution is 0.0620. The molecule has 1 amide bonds. The summed E-state index contributed by atoms with van der Waals surface area (Å²) >= 11 is 5.76. The summed E-state index contributed by atoms with van der Waals surface area (Å²) < 4.78 is 19.2. The first kappa shape index (κ1) is 19.3. The van der Waals surface area contributed by atoms with E-state index in [1.54, 1.807) is 18.2 Å². The van der Waals surface area contributed by atoms with Gasteiger partial charge >= 0.3 is 0 Å². The number of fused-ring (bicyclic) bond motifs is 1. The van der Waals surface area contributed by atoms with Crippen molar-refractivity contribution in [2.45, 2.75) is 31.9 Å². The molecule has 0 spiro atoms. The van der Waals surface area contributed by atoms with Crippen molar-refractivity contribution in [3.05, 3.63) is 58.4 Å². The van der Waals surface area contributed by atoms with Crippen molar-refractivity contribution in [1.29, 1.82) is 0 Å². The van der Waals surface area contributed by atoms with Crippen LogP contribution in [0.4, 0.5) is 10.1 Å². The number of anilines is 1. The van der Waals surface area contributed by atoms with Gasteiger partial charge in [0.05, 0.1) is 11.1 Å². The standard InChI is InChI=1S/C18H18ClFN2O2.ClH/c1-18(2)9-15(12-8-11(21)4-6-16(12)24-18)22-17(23)10-3-5-14(20)13(19)7-10;/h3-8,15H,9,21H2,1-2H3,(H,22,23);1H. The van der Waals surface area contributed by atoms with Gasteiger partial charge in [-0.1, -0.05) is 11.6 Å². The molecule has 3 N–H and O–H groups in total. The first-order valence-electron chi connectivity index (χ1n) is 7.59. The highest BCUT2D eigenvalue weighted by atomic mass is 35.5. The van der Waals surface area contributed by atoms with Gasteiger partial charge < -0.3 is 15.8 Å². The minimum absolute atomic E-state index is 0. The average molecular weight is 385 g/mol. The van der Waals surface area contributed by atoms with E-state index in [2.05, 4.69) is 5.32 Å². The van der Waals surface area contributed by atoms with Gasteiger partial charge in [-0.3, -0.25) is 4.79 Å². The summed E-state index contributed by atoms with van der Waals surface area (Å²) in [6.45, 7) is 3.92. The number of nitrogens with two attached hydrogens (primary N) is 1. The second-order valence-corrected chi connectivity index (χ2v) is 6.93. The Kier molecular flexibility index (Phi) is 5.49. The highest BCUT2D eigenvalue weighted by Gasteiger charge is 2.34. The van der Waals surface area contributed by atoms with E-state index < -0.39 is 11.4 Å². The normalized spacial score (nSPS) is 17.7. The molecule has 1 heterocycles. The van der Waals surface area contributed by atoms with E-state index in [4.69, 9.17) is 22.1 Å². The second kappa shape index (κ2) is 7.10. The number of carbonyl (C=O) groups excluding carboxylic acids is 1. The Morgan fingerprint density at radius 2 is 2.04 bits per heavy atom. The number of carbonyl (C=O) groups is 1. The molecule has 2 aromatic rings. The molecule has 1 aliphatic rings. The fourth-order valence-corrected chi connectivity index (χ4v) is 3.06. The fraction of sp³-hybridized carbons (Fsp3) is 0.278. The quantitative estimate of drug-likeness (QED) is 0.748. The molecule has 0 aromatic heterocycles. The summed E-state index contributed by atoms with van der Waals surface area (Å²) in [4.78, 5) is 12.5. The van der Waals surface area contributed by atoms with Crippen LogP contribution >= 0.6 is 24.0 Å². The average Bonchev–Trinajstić information content (AvgIpc) is 2.50. The van der Waals surface area contributed by atoms with Gasteiger partial charge in [-0.05, 0) is 50.2 Å². The maximum atomic E-state index is 13.3. The van der Waals surface area contributed by atoms with Gasteiger partial charge in [0.25, 0.3) is 5.91 Å². The van der Waals surface area contributed by atoms with Crippen molar-refractivity contribution in [3.63, 3.8) is 0 Å². The minimum Gasteiger partial charge on any atom is -0.487 e. The van der Waals surface area contributed by atoms with Gasteiger partial charge in [0.15, 0.2) is 0 Å². The van der Waals surface area contributed by atoms with Gasteiger partial charge in [-0.15, -0.1) is 12.4 Å². The third-order valence-electron chi connectivity index (χ3n) is 3.98. The van der Waals surface area contributed by atoms with Crippen LogP contribution in [0.5, 0.6) is 5.75 Å². The van der Waals surface area contributed by atoms with E-state index in [0.29, 0.717) is 23.4 Å². The molecule has 1 aliphatic heterocycles. The maximum absolute atomic E-state index is 13.3. The van der Waals surface area contributed by atoms with Gasteiger partial charge in [0, 0.05) is 23.2 Å². The van der Waals surface area contributed by atoms with Crippen LogP contribution in [0.25, 0.3) is 0 Å².